The van der Waals surface area contributed by atoms with Crippen LogP contribution in [0.4, 0.5) is 0 Å². The molecule has 8 nitrogen and oxygen atoms in total. The lowest BCUT2D eigenvalue weighted by atomic mass is 9.86. The van der Waals surface area contributed by atoms with Gasteiger partial charge in [-0.25, -0.2) is 13.1 Å². The number of hydrogen-bond donors (Lipinski definition) is 0. The van der Waals surface area contributed by atoms with Crippen molar-refractivity contribution in [3.05, 3.63) is 86.9 Å². The normalized spacial score (nSPS) is 17.8. The molecule has 5 rings (SSSR count). The van der Waals surface area contributed by atoms with Gasteiger partial charge < -0.3 is 4.74 Å². The summed E-state index contributed by atoms with van der Waals surface area (Å²) in [6, 6.07) is 17.3. The lowest BCUT2D eigenvalue weighted by molar-refractivity contribution is -0.143. The zero-order chi connectivity index (χ0) is 28.6. The number of halogens is 1. The quantitative estimate of drug-likeness (QED) is 0.252. The maximum absolute atomic E-state index is 13.8. The van der Waals surface area contributed by atoms with Crippen molar-refractivity contribution in [1.82, 2.24) is 19.3 Å². The molecular weight excluding hydrogens is 592 g/mol. The highest BCUT2D eigenvalue weighted by Gasteiger charge is 2.33. The predicted octanol–water partition coefficient (Wildman–Crippen LogP) is 5.51. The molecule has 40 heavy (non-hydrogen) atoms. The molecule has 0 amide bonds. The van der Waals surface area contributed by atoms with Gasteiger partial charge in [0.2, 0.25) is 10.0 Å². The highest BCUT2D eigenvalue weighted by Crippen LogP contribution is 2.34. The maximum Gasteiger partial charge on any atom is 0.306 e. The van der Waals surface area contributed by atoms with E-state index in [2.05, 4.69) is 33.2 Å². The Morgan fingerprint density at radius 3 is 2.65 bits per heavy atom. The van der Waals surface area contributed by atoms with Gasteiger partial charge in [0.05, 0.1) is 23.4 Å². The summed E-state index contributed by atoms with van der Waals surface area (Å²) in [4.78, 5) is 13.1. The fraction of sp³-hybridized carbons (Fsp3) is 0.367. The van der Waals surface area contributed by atoms with E-state index in [0.29, 0.717) is 24.5 Å². The molecule has 0 spiro atoms. The molecule has 0 aliphatic carbocycles. The number of benzene rings is 3. The number of esters is 1. The van der Waals surface area contributed by atoms with Crippen molar-refractivity contribution in [3.63, 3.8) is 0 Å². The summed E-state index contributed by atoms with van der Waals surface area (Å²) in [6.45, 7) is 6.84. The molecule has 0 saturated carbocycles. The Morgan fingerprint density at radius 2 is 1.88 bits per heavy atom. The van der Waals surface area contributed by atoms with E-state index >= 15 is 0 Å². The standard InChI is InChI=1S/C30H33BrN4O4S/c1-5-39-30(36)16-26(22-8-10-28-27(15-22)32-33-34(28)4)21-7-6-20(3)24(13-21)18-35-17-19(2)12-23-14-25(31)9-11-29(23)40(35,37)38/h6-11,13-15,19,26H,5,12,16-18H2,1-4H3. The number of rotatable bonds is 7. The zero-order valence-electron chi connectivity index (χ0n) is 23.1. The first-order valence-corrected chi connectivity index (χ1v) is 15.6. The summed E-state index contributed by atoms with van der Waals surface area (Å²) in [5, 5.41) is 8.36. The van der Waals surface area contributed by atoms with Crippen LogP contribution in [-0.2, 0) is 39.6 Å². The molecule has 10 heteroatoms. The zero-order valence-corrected chi connectivity index (χ0v) is 25.5. The first-order valence-electron chi connectivity index (χ1n) is 13.4. The molecule has 2 heterocycles. The number of aromatic nitrogens is 3. The molecular formula is C30H33BrN4O4S. The molecule has 0 saturated heterocycles. The average molecular weight is 626 g/mol. The minimum Gasteiger partial charge on any atom is -0.466 e. The number of carbonyl (C=O) groups excluding carboxylic acids is 1. The van der Waals surface area contributed by atoms with Crippen LogP contribution < -0.4 is 0 Å². The molecule has 0 fully saturated rings. The van der Waals surface area contributed by atoms with E-state index in [9.17, 15) is 13.2 Å². The third kappa shape index (κ3) is 5.70. The molecule has 1 aliphatic rings. The Morgan fingerprint density at radius 1 is 1.12 bits per heavy atom. The van der Waals surface area contributed by atoms with Crippen LogP contribution in [0.2, 0.25) is 0 Å². The van der Waals surface area contributed by atoms with E-state index in [1.54, 1.807) is 28.0 Å². The third-order valence-electron chi connectivity index (χ3n) is 7.56. The van der Waals surface area contributed by atoms with Crippen molar-refractivity contribution in [1.29, 1.82) is 0 Å². The summed E-state index contributed by atoms with van der Waals surface area (Å²) < 4.78 is 37.1. The lowest BCUT2D eigenvalue weighted by Crippen LogP contribution is -2.33. The molecule has 3 aromatic carbocycles. The van der Waals surface area contributed by atoms with Crippen molar-refractivity contribution >= 4 is 43.0 Å². The summed E-state index contributed by atoms with van der Waals surface area (Å²) >= 11 is 3.48. The van der Waals surface area contributed by atoms with Gasteiger partial charge >= 0.3 is 5.97 Å². The Hall–Kier alpha value is -3.08. The Bertz CT molecular complexity index is 1680. The molecule has 2 atom stereocenters. The number of carbonyl (C=O) groups is 1. The second kappa shape index (κ2) is 11.4. The topological polar surface area (TPSA) is 94.4 Å². The van der Waals surface area contributed by atoms with Gasteiger partial charge in [0.25, 0.3) is 0 Å². The minimum atomic E-state index is -3.70. The monoisotopic (exact) mass is 624 g/mol. The van der Waals surface area contributed by atoms with Gasteiger partial charge in [0.1, 0.15) is 5.52 Å². The van der Waals surface area contributed by atoms with Gasteiger partial charge in [-0.05, 0) is 84.3 Å². The highest BCUT2D eigenvalue weighted by molar-refractivity contribution is 9.10. The first-order chi connectivity index (χ1) is 19.1. The number of ether oxygens (including phenoxy) is 1. The van der Waals surface area contributed by atoms with Gasteiger partial charge in [0.15, 0.2) is 0 Å². The van der Waals surface area contributed by atoms with E-state index in [1.165, 1.54) is 0 Å². The predicted molar refractivity (Wildman–Crippen MR) is 157 cm³/mol. The van der Waals surface area contributed by atoms with E-state index in [4.69, 9.17) is 4.74 Å². The van der Waals surface area contributed by atoms with Crippen molar-refractivity contribution in [2.45, 2.75) is 51.0 Å². The van der Waals surface area contributed by atoms with Crippen LogP contribution >= 0.6 is 15.9 Å². The smallest absolute Gasteiger partial charge is 0.306 e. The van der Waals surface area contributed by atoms with Gasteiger partial charge in [0, 0.05) is 30.5 Å². The fourth-order valence-electron chi connectivity index (χ4n) is 5.49. The number of fused-ring (bicyclic) bond motifs is 2. The second-order valence-electron chi connectivity index (χ2n) is 10.6. The van der Waals surface area contributed by atoms with Crippen molar-refractivity contribution in [2.75, 3.05) is 13.2 Å². The van der Waals surface area contributed by atoms with Gasteiger partial charge in [-0.3, -0.25) is 4.79 Å². The van der Waals surface area contributed by atoms with Crippen molar-refractivity contribution in [3.8, 4) is 0 Å². The molecule has 2 unspecified atom stereocenters. The molecule has 0 bridgehead atoms. The summed E-state index contributed by atoms with van der Waals surface area (Å²) in [5.74, 6) is -0.424. The number of nitrogens with zero attached hydrogens (tertiary/aromatic N) is 4. The molecule has 1 aliphatic heterocycles. The van der Waals surface area contributed by atoms with Crippen LogP contribution in [0.5, 0.6) is 0 Å². The van der Waals surface area contributed by atoms with E-state index in [0.717, 1.165) is 43.3 Å². The maximum atomic E-state index is 13.8. The average Bonchev–Trinajstić information content (AvgIpc) is 3.24. The van der Waals surface area contributed by atoms with Crippen LogP contribution in [0, 0.1) is 12.8 Å². The largest absolute Gasteiger partial charge is 0.466 e. The van der Waals surface area contributed by atoms with Gasteiger partial charge in [-0.2, -0.15) is 4.31 Å². The van der Waals surface area contributed by atoms with E-state index < -0.39 is 10.0 Å². The molecule has 4 aromatic rings. The summed E-state index contributed by atoms with van der Waals surface area (Å²) in [5.41, 5.74) is 6.22. The third-order valence-corrected chi connectivity index (χ3v) is 9.96. The fourth-order valence-corrected chi connectivity index (χ4v) is 7.65. The molecule has 1 aromatic heterocycles. The SMILES string of the molecule is CCOC(=O)CC(c1ccc(C)c(CN2CC(C)Cc3cc(Br)ccc3S2(=O)=O)c1)c1ccc2c(c1)nnn2C. The van der Waals surface area contributed by atoms with Crippen molar-refractivity contribution < 1.29 is 17.9 Å². The van der Waals surface area contributed by atoms with Gasteiger partial charge in [-0.15, -0.1) is 5.10 Å². The van der Waals surface area contributed by atoms with E-state index in [-0.39, 0.29) is 30.8 Å². The van der Waals surface area contributed by atoms with Crippen LogP contribution in [-0.4, -0.2) is 46.8 Å². The van der Waals surface area contributed by atoms with Crippen LogP contribution in [0.1, 0.15) is 54.0 Å². The van der Waals surface area contributed by atoms with Gasteiger partial charge in [-0.1, -0.05) is 52.3 Å². The Labute approximate surface area is 243 Å². The molecule has 0 radical (unpaired) electrons. The minimum absolute atomic E-state index is 0.156. The van der Waals surface area contributed by atoms with Crippen molar-refractivity contribution in [2.24, 2.45) is 13.0 Å². The van der Waals surface area contributed by atoms with Crippen LogP contribution in [0.25, 0.3) is 11.0 Å². The lowest BCUT2D eigenvalue weighted by Gasteiger charge is -2.24. The number of hydrogen-bond acceptors (Lipinski definition) is 6. The number of sulfonamides is 1. The second-order valence-corrected chi connectivity index (χ2v) is 13.4. The summed E-state index contributed by atoms with van der Waals surface area (Å²) in [7, 11) is -1.86. The molecule has 210 valence electrons. The molecule has 0 N–H and O–H groups in total. The van der Waals surface area contributed by atoms with Crippen LogP contribution in [0.15, 0.2) is 64.0 Å². The highest BCUT2D eigenvalue weighted by atomic mass is 79.9. The summed E-state index contributed by atoms with van der Waals surface area (Å²) in [6.07, 6.45) is 0.847. The Kier molecular flexibility index (Phi) is 8.13. The first kappa shape index (κ1) is 28.4. The van der Waals surface area contributed by atoms with Crippen LogP contribution in [0.3, 0.4) is 0 Å². The number of aryl methyl sites for hydroxylation is 2. The Balaban J connectivity index is 1.53. The van der Waals surface area contributed by atoms with E-state index in [1.807, 2.05) is 56.4 Å².